The molecule has 4 heteroatoms. The van der Waals surface area contributed by atoms with Gasteiger partial charge < -0.3 is 14.2 Å². The fourth-order valence-corrected chi connectivity index (χ4v) is 3.97. The van der Waals surface area contributed by atoms with E-state index in [0.29, 0.717) is 5.41 Å². The maximum absolute atomic E-state index is 6.38. The van der Waals surface area contributed by atoms with E-state index >= 15 is 0 Å². The van der Waals surface area contributed by atoms with Crippen LogP contribution < -0.4 is 0 Å². The highest BCUT2D eigenvalue weighted by atomic mass is 16.7. The number of hydrogen-bond donors (Lipinski definition) is 0. The van der Waals surface area contributed by atoms with Crippen LogP contribution in [-0.4, -0.2) is 56.7 Å². The minimum Gasteiger partial charge on any atom is -0.383 e. The number of methoxy groups -OCH3 is 1. The number of rotatable bonds is 8. The van der Waals surface area contributed by atoms with Gasteiger partial charge in [-0.05, 0) is 30.6 Å². The number of hydrogen-bond acceptors (Lipinski definition) is 4. The first kappa shape index (κ1) is 19.9. The van der Waals surface area contributed by atoms with E-state index in [1.807, 2.05) is 6.08 Å². The van der Waals surface area contributed by atoms with Gasteiger partial charge in [0.05, 0.1) is 19.3 Å². The van der Waals surface area contributed by atoms with Crippen LogP contribution in [0.2, 0.25) is 0 Å². The molecule has 2 rings (SSSR count). The first-order valence-electron chi connectivity index (χ1n) is 9.52. The number of ether oxygens (including phenoxy) is 3. The van der Waals surface area contributed by atoms with Gasteiger partial charge in [0.2, 0.25) is 0 Å². The van der Waals surface area contributed by atoms with Crippen LogP contribution in [0.5, 0.6) is 0 Å². The summed E-state index contributed by atoms with van der Waals surface area (Å²) in [5, 5.41) is 0. The van der Waals surface area contributed by atoms with Crippen LogP contribution in [0.15, 0.2) is 12.7 Å². The van der Waals surface area contributed by atoms with Gasteiger partial charge in [-0.25, -0.2) is 0 Å². The Balaban J connectivity index is 1.75. The van der Waals surface area contributed by atoms with Gasteiger partial charge >= 0.3 is 0 Å². The van der Waals surface area contributed by atoms with Crippen molar-refractivity contribution in [2.75, 3.05) is 40.0 Å². The van der Waals surface area contributed by atoms with Crippen LogP contribution in [-0.2, 0) is 14.2 Å². The minimum absolute atomic E-state index is 0.228. The molecule has 2 aliphatic rings. The third-order valence-electron chi connectivity index (χ3n) is 5.65. The molecule has 24 heavy (non-hydrogen) atoms. The fourth-order valence-electron chi connectivity index (χ4n) is 3.97. The molecular weight excluding hydrogens is 302 g/mol. The maximum atomic E-state index is 6.38. The van der Waals surface area contributed by atoms with Crippen LogP contribution in [0.1, 0.15) is 52.9 Å². The highest BCUT2D eigenvalue weighted by molar-refractivity contribution is 4.89. The van der Waals surface area contributed by atoms with Crippen molar-refractivity contribution in [2.24, 2.45) is 11.3 Å². The third kappa shape index (κ3) is 5.55. The molecule has 4 nitrogen and oxygen atoms in total. The molecule has 1 saturated carbocycles. The Morgan fingerprint density at radius 1 is 1.25 bits per heavy atom. The molecule has 1 aliphatic heterocycles. The smallest absolute Gasteiger partial charge is 0.168 e. The van der Waals surface area contributed by atoms with Gasteiger partial charge in [0.15, 0.2) is 5.79 Å². The molecule has 1 atom stereocenters. The fraction of sp³-hybridized carbons (Fsp3) is 0.900. The standard InChI is InChI=1S/C20H37NO3/c1-6-12-21(14-15-22-5)13-9-18-16-23-20(24-18)10-7-17(8-11-20)19(2,3)4/h6,17-18H,1,7-16H2,2-5H3. The van der Waals surface area contributed by atoms with Crippen molar-refractivity contribution in [3.8, 4) is 0 Å². The topological polar surface area (TPSA) is 30.9 Å². The lowest BCUT2D eigenvalue weighted by Crippen LogP contribution is -2.39. The van der Waals surface area contributed by atoms with Crippen LogP contribution >= 0.6 is 0 Å². The van der Waals surface area contributed by atoms with Gasteiger partial charge in [-0.3, -0.25) is 4.90 Å². The van der Waals surface area contributed by atoms with Crippen molar-refractivity contribution >= 4 is 0 Å². The van der Waals surface area contributed by atoms with E-state index in [9.17, 15) is 0 Å². The SMILES string of the molecule is C=CCN(CCOC)CCC1COC2(CCC(C(C)(C)C)CC2)O1. The predicted octanol–water partition coefficient (Wildman–Crippen LogP) is 3.86. The Morgan fingerprint density at radius 2 is 1.96 bits per heavy atom. The lowest BCUT2D eigenvalue weighted by atomic mass is 9.71. The van der Waals surface area contributed by atoms with Gasteiger partial charge in [0, 0.05) is 39.6 Å². The summed E-state index contributed by atoms with van der Waals surface area (Å²) < 4.78 is 17.7. The summed E-state index contributed by atoms with van der Waals surface area (Å²) in [5.74, 6) is 0.494. The minimum atomic E-state index is -0.289. The predicted molar refractivity (Wildman–Crippen MR) is 98.1 cm³/mol. The maximum Gasteiger partial charge on any atom is 0.168 e. The Bertz CT molecular complexity index is 383. The summed E-state index contributed by atoms with van der Waals surface area (Å²) in [6.45, 7) is 15.2. The Labute approximate surface area is 148 Å². The zero-order chi connectivity index (χ0) is 17.6. The van der Waals surface area contributed by atoms with E-state index in [4.69, 9.17) is 14.2 Å². The molecule has 140 valence electrons. The van der Waals surface area contributed by atoms with E-state index in [0.717, 1.165) is 58.0 Å². The summed E-state index contributed by atoms with van der Waals surface area (Å²) in [7, 11) is 1.75. The first-order valence-corrected chi connectivity index (χ1v) is 9.52. The molecule has 2 fully saturated rings. The van der Waals surface area contributed by atoms with Crippen LogP contribution in [0.4, 0.5) is 0 Å². The summed E-state index contributed by atoms with van der Waals surface area (Å²) in [6, 6.07) is 0. The first-order chi connectivity index (χ1) is 11.4. The van der Waals surface area contributed by atoms with E-state index in [1.54, 1.807) is 7.11 Å². The second kappa shape index (κ2) is 8.79. The molecule has 0 aromatic rings. The average molecular weight is 340 g/mol. The second-order valence-electron chi connectivity index (χ2n) is 8.47. The van der Waals surface area contributed by atoms with Gasteiger partial charge in [-0.2, -0.15) is 0 Å². The van der Waals surface area contributed by atoms with E-state index in [-0.39, 0.29) is 11.9 Å². The monoisotopic (exact) mass is 339 g/mol. The molecule has 0 aromatic carbocycles. The van der Waals surface area contributed by atoms with Crippen molar-refractivity contribution in [3.05, 3.63) is 12.7 Å². The molecule has 1 heterocycles. The lowest BCUT2D eigenvalue weighted by molar-refractivity contribution is -0.197. The summed E-state index contributed by atoms with van der Waals surface area (Å²) in [6.07, 6.45) is 7.72. The van der Waals surface area contributed by atoms with Crippen LogP contribution in [0.25, 0.3) is 0 Å². The van der Waals surface area contributed by atoms with E-state index < -0.39 is 0 Å². The van der Waals surface area contributed by atoms with Crippen molar-refractivity contribution in [1.82, 2.24) is 4.90 Å². The third-order valence-corrected chi connectivity index (χ3v) is 5.65. The lowest BCUT2D eigenvalue weighted by Gasteiger charge is -2.41. The Hall–Kier alpha value is -0.420. The largest absolute Gasteiger partial charge is 0.383 e. The van der Waals surface area contributed by atoms with Crippen molar-refractivity contribution < 1.29 is 14.2 Å². The summed E-state index contributed by atoms with van der Waals surface area (Å²) in [5.41, 5.74) is 0.395. The van der Waals surface area contributed by atoms with Crippen LogP contribution in [0, 0.1) is 11.3 Å². The van der Waals surface area contributed by atoms with Crippen molar-refractivity contribution in [2.45, 2.75) is 64.8 Å². The zero-order valence-electron chi connectivity index (χ0n) is 16.2. The van der Waals surface area contributed by atoms with Gasteiger partial charge in [-0.1, -0.05) is 26.8 Å². The highest BCUT2D eigenvalue weighted by Gasteiger charge is 2.45. The second-order valence-corrected chi connectivity index (χ2v) is 8.47. The molecule has 1 unspecified atom stereocenters. The van der Waals surface area contributed by atoms with Gasteiger partial charge in [0.1, 0.15) is 0 Å². The van der Waals surface area contributed by atoms with Gasteiger partial charge in [-0.15, -0.1) is 6.58 Å². The van der Waals surface area contributed by atoms with E-state index in [1.165, 1.54) is 12.8 Å². The summed E-state index contributed by atoms with van der Waals surface area (Å²) >= 11 is 0. The van der Waals surface area contributed by atoms with E-state index in [2.05, 4.69) is 32.3 Å². The van der Waals surface area contributed by atoms with Crippen molar-refractivity contribution in [1.29, 1.82) is 0 Å². The molecule has 0 aromatic heterocycles. The molecule has 1 saturated heterocycles. The molecule has 0 radical (unpaired) electrons. The molecular formula is C20H37NO3. The Kier molecular flexibility index (Phi) is 7.29. The van der Waals surface area contributed by atoms with Crippen molar-refractivity contribution in [3.63, 3.8) is 0 Å². The molecule has 1 aliphatic carbocycles. The zero-order valence-corrected chi connectivity index (χ0v) is 16.2. The normalized spacial score (nSPS) is 31.0. The number of nitrogens with zero attached hydrogens (tertiary/aromatic N) is 1. The Morgan fingerprint density at radius 3 is 2.54 bits per heavy atom. The average Bonchev–Trinajstić information content (AvgIpc) is 2.92. The molecule has 1 spiro atoms. The quantitative estimate of drug-likeness (QED) is 0.628. The molecule has 0 bridgehead atoms. The molecule has 0 N–H and O–H groups in total. The highest BCUT2D eigenvalue weighted by Crippen LogP contribution is 2.45. The van der Waals surface area contributed by atoms with Gasteiger partial charge in [0.25, 0.3) is 0 Å². The molecule has 0 amide bonds. The summed E-state index contributed by atoms with van der Waals surface area (Å²) in [4.78, 5) is 2.36. The van der Waals surface area contributed by atoms with Crippen LogP contribution in [0.3, 0.4) is 0 Å².